The lowest BCUT2D eigenvalue weighted by molar-refractivity contribution is 0.282. The molecule has 0 atom stereocenters. The van der Waals surface area contributed by atoms with Crippen molar-refractivity contribution in [2.45, 2.75) is 83.5 Å². The minimum atomic E-state index is 0.303. The topological polar surface area (TPSA) is 40.5 Å². The summed E-state index contributed by atoms with van der Waals surface area (Å²) >= 11 is 0. The molecule has 0 amide bonds. The van der Waals surface area contributed by atoms with E-state index in [4.69, 9.17) is 5.11 Å². The summed E-state index contributed by atoms with van der Waals surface area (Å²) in [5.41, 5.74) is 3.73. The molecule has 2 nitrogen and oxygen atoms in total. The molecule has 164 valence electrons. The average Bonchev–Trinajstić information content (AvgIpc) is 2.77. The molecule has 2 aromatic carbocycles. The van der Waals surface area contributed by atoms with Crippen LogP contribution in [0.15, 0.2) is 48.5 Å². The molecule has 0 fully saturated rings. The largest absolute Gasteiger partial charge is 0.508 e. The van der Waals surface area contributed by atoms with Gasteiger partial charge in [0.05, 0.1) is 0 Å². The quantitative estimate of drug-likeness (QED) is 0.220. The molecule has 0 heterocycles. The molecule has 0 saturated carbocycles. The second-order valence-corrected chi connectivity index (χ2v) is 8.38. The first-order chi connectivity index (χ1) is 14.8. The normalized spacial score (nSPS) is 11.4. The van der Waals surface area contributed by atoms with Gasteiger partial charge in [0.2, 0.25) is 0 Å². The number of aromatic hydroxyl groups is 1. The lowest BCUT2D eigenvalue weighted by atomic mass is 10.0. The maximum Gasteiger partial charge on any atom is 0.115 e. The fourth-order valence-electron chi connectivity index (χ4n) is 3.78. The summed E-state index contributed by atoms with van der Waals surface area (Å²) in [6.07, 6.45) is 21.1. The summed E-state index contributed by atoms with van der Waals surface area (Å²) in [5, 5.41) is 18.1. The number of aryl methyl sites for hydroxylation is 1. The van der Waals surface area contributed by atoms with Crippen LogP contribution in [0, 0.1) is 0 Å². The van der Waals surface area contributed by atoms with E-state index in [0.29, 0.717) is 12.4 Å². The Kier molecular flexibility index (Phi) is 12.7. The number of hydrogen-bond acceptors (Lipinski definition) is 2. The number of rotatable bonds is 16. The third-order valence-corrected chi connectivity index (χ3v) is 5.71. The van der Waals surface area contributed by atoms with Crippen LogP contribution in [0.4, 0.5) is 0 Å². The van der Waals surface area contributed by atoms with Crippen LogP contribution in [0.5, 0.6) is 5.75 Å². The Hall–Kier alpha value is -2.06. The van der Waals surface area contributed by atoms with Gasteiger partial charge in [-0.05, 0) is 48.1 Å². The van der Waals surface area contributed by atoms with E-state index in [1.807, 2.05) is 12.1 Å². The second-order valence-electron chi connectivity index (χ2n) is 8.38. The van der Waals surface area contributed by atoms with Crippen molar-refractivity contribution in [3.05, 3.63) is 65.2 Å². The molecule has 2 rings (SSSR count). The lowest BCUT2D eigenvalue weighted by Gasteiger charge is -2.04. The molecule has 30 heavy (non-hydrogen) atoms. The van der Waals surface area contributed by atoms with E-state index in [9.17, 15) is 5.11 Å². The SMILES string of the molecule is OCCCCCCCCCCCCCCc1ccc(/C=C/c2ccc(O)cc2)cc1. The first-order valence-corrected chi connectivity index (χ1v) is 11.9. The van der Waals surface area contributed by atoms with E-state index >= 15 is 0 Å². The molecule has 2 heteroatoms. The van der Waals surface area contributed by atoms with E-state index in [0.717, 1.165) is 12.0 Å². The van der Waals surface area contributed by atoms with Crippen molar-refractivity contribution in [3.8, 4) is 5.75 Å². The fraction of sp³-hybridized carbons (Fsp3) is 0.500. The van der Waals surface area contributed by atoms with Crippen molar-refractivity contribution in [1.29, 1.82) is 0 Å². The van der Waals surface area contributed by atoms with Crippen LogP contribution in [-0.2, 0) is 6.42 Å². The molecule has 0 radical (unpaired) electrons. The Morgan fingerprint density at radius 3 is 1.37 bits per heavy atom. The van der Waals surface area contributed by atoms with Crippen LogP contribution in [0.3, 0.4) is 0 Å². The van der Waals surface area contributed by atoms with E-state index in [2.05, 4.69) is 36.4 Å². The van der Waals surface area contributed by atoms with Crippen molar-refractivity contribution >= 4 is 12.2 Å². The molecule has 0 unspecified atom stereocenters. The summed E-state index contributed by atoms with van der Waals surface area (Å²) in [5.74, 6) is 0.303. The van der Waals surface area contributed by atoms with Gasteiger partial charge in [0, 0.05) is 6.61 Å². The van der Waals surface area contributed by atoms with Gasteiger partial charge in [-0.2, -0.15) is 0 Å². The smallest absolute Gasteiger partial charge is 0.115 e. The molecule has 0 bridgehead atoms. The van der Waals surface area contributed by atoms with Gasteiger partial charge >= 0.3 is 0 Å². The zero-order valence-electron chi connectivity index (χ0n) is 18.6. The summed E-state index contributed by atoms with van der Waals surface area (Å²) in [4.78, 5) is 0. The summed E-state index contributed by atoms with van der Waals surface area (Å²) < 4.78 is 0. The monoisotopic (exact) mass is 408 g/mol. The minimum Gasteiger partial charge on any atom is -0.508 e. The van der Waals surface area contributed by atoms with Crippen molar-refractivity contribution in [3.63, 3.8) is 0 Å². The van der Waals surface area contributed by atoms with E-state index in [1.54, 1.807) is 12.1 Å². The third-order valence-electron chi connectivity index (χ3n) is 5.71. The highest BCUT2D eigenvalue weighted by Crippen LogP contribution is 2.16. The molecule has 0 saturated heterocycles. The number of unbranched alkanes of at least 4 members (excludes halogenated alkanes) is 11. The molecular weight excluding hydrogens is 368 g/mol. The fourth-order valence-corrected chi connectivity index (χ4v) is 3.78. The van der Waals surface area contributed by atoms with Gasteiger partial charge < -0.3 is 10.2 Å². The van der Waals surface area contributed by atoms with Crippen LogP contribution < -0.4 is 0 Å². The Morgan fingerprint density at radius 2 is 0.900 bits per heavy atom. The predicted molar refractivity (Wildman–Crippen MR) is 130 cm³/mol. The molecule has 2 aromatic rings. The number of benzene rings is 2. The predicted octanol–water partition coefficient (Wildman–Crippen LogP) is 7.78. The average molecular weight is 409 g/mol. The first-order valence-electron chi connectivity index (χ1n) is 11.9. The van der Waals surface area contributed by atoms with Gasteiger partial charge in [-0.3, -0.25) is 0 Å². The molecule has 0 spiro atoms. The third kappa shape index (κ3) is 11.2. The second kappa shape index (κ2) is 15.7. The van der Waals surface area contributed by atoms with E-state index in [1.165, 1.54) is 88.2 Å². The molecule has 0 aliphatic heterocycles. The Balaban J connectivity index is 1.48. The Morgan fingerprint density at radius 1 is 0.500 bits per heavy atom. The summed E-state index contributed by atoms with van der Waals surface area (Å²) in [6.45, 7) is 0.352. The summed E-state index contributed by atoms with van der Waals surface area (Å²) in [6, 6.07) is 16.1. The van der Waals surface area contributed by atoms with Crippen molar-refractivity contribution in [2.75, 3.05) is 6.61 Å². The number of aliphatic hydroxyl groups excluding tert-OH is 1. The van der Waals surface area contributed by atoms with E-state index < -0.39 is 0 Å². The highest BCUT2D eigenvalue weighted by molar-refractivity contribution is 5.69. The van der Waals surface area contributed by atoms with Crippen LogP contribution >= 0.6 is 0 Å². The number of phenolic OH excluding ortho intramolecular Hbond substituents is 1. The Bertz CT molecular complexity index is 686. The van der Waals surface area contributed by atoms with Gasteiger partial charge in [0.25, 0.3) is 0 Å². The molecule has 2 N–H and O–H groups in total. The molecule has 0 aliphatic rings. The van der Waals surface area contributed by atoms with Crippen LogP contribution in [-0.4, -0.2) is 16.8 Å². The molecule has 0 aromatic heterocycles. The highest BCUT2D eigenvalue weighted by Gasteiger charge is 1.96. The van der Waals surface area contributed by atoms with Gasteiger partial charge in [0.15, 0.2) is 0 Å². The highest BCUT2D eigenvalue weighted by atomic mass is 16.3. The van der Waals surface area contributed by atoms with Gasteiger partial charge in [-0.1, -0.05) is 113 Å². The van der Waals surface area contributed by atoms with Crippen molar-refractivity contribution in [1.82, 2.24) is 0 Å². The van der Waals surface area contributed by atoms with Gasteiger partial charge in [0.1, 0.15) is 5.75 Å². The van der Waals surface area contributed by atoms with Crippen LogP contribution in [0.1, 0.15) is 93.7 Å². The van der Waals surface area contributed by atoms with Crippen molar-refractivity contribution < 1.29 is 10.2 Å². The summed E-state index contributed by atoms with van der Waals surface area (Å²) in [7, 11) is 0. The maximum absolute atomic E-state index is 9.34. The standard InChI is InChI=1S/C28H40O2/c29-24-12-10-8-6-4-2-1-3-5-7-9-11-13-25-14-16-26(17-15-25)18-19-27-20-22-28(30)23-21-27/h14-23,29-30H,1-13,24H2/b19-18+. The van der Waals surface area contributed by atoms with Gasteiger partial charge in [-0.15, -0.1) is 0 Å². The minimum absolute atomic E-state index is 0.303. The van der Waals surface area contributed by atoms with E-state index in [-0.39, 0.29) is 0 Å². The zero-order valence-corrected chi connectivity index (χ0v) is 18.6. The molecular formula is C28H40O2. The number of phenols is 1. The van der Waals surface area contributed by atoms with Crippen LogP contribution in [0.2, 0.25) is 0 Å². The molecule has 0 aliphatic carbocycles. The Labute approximate surface area is 183 Å². The van der Waals surface area contributed by atoms with Crippen molar-refractivity contribution in [2.24, 2.45) is 0 Å². The number of hydrogen-bond donors (Lipinski definition) is 2. The lowest BCUT2D eigenvalue weighted by Crippen LogP contribution is -1.87. The number of aliphatic hydroxyl groups is 1. The zero-order chi connectivity index (χ0) is 21.3. The maximum atomic E-state index is 9.34. The van der Waals surface area contributed by atoms with Gasteiger partial charge in [-0.25, -0.2) is 0 Å². The first kappa shape index (κ1) is 24.2. The van der Waals surface area contributed by atoms with Crippen LogP contribution in [0.25, 0.3) is 12.2 Å².